The first kappa shape index (κ1) is 13.7. The van der Waals surface area contributed by atoms with E-state index >= 15 is 0 Å². The van der Waals surface area contributed by atoms with Crippen LogP contribution in [0.15, 0.2) is 54.7 Å². The summed E-state index contributed by atoms with van der Waals surface area (Å²) in [4.78, 5) is 6.55. The van der Waals surface area contributed by atoms with Crippen LogP contribution in [0.5, 0.6) is 0 Å². The quantitative estimate of drug-likeness (QED) is 0.859. The summed E-state index contributed by atoms with van der Waals surface area (Å²) in [6.45, 7) is 1.70. The number of rotatable bonds is 6. The van der Waals surface area contributed by atoms with Crippen LogP contribution in [-0.2, 0) is 13.0 Å². The summed E-state index contributed by atoms with van der Waals surface area (Å²) < 4.78 is 0. The van der Waals surface area contributed by atoms with E-state index in [1.165, 1.54) is 5.56 Å². The van der Waals surface area contributed by atoms with Crippen LogP contribution in [0.1, 0.15) is 11.3 Å². The second-order valence-electron chi connectivity index (χ2n) is 4.97. The summed E-state index contributed by atoms with van der Waals surface area (Å²) in [6.07, 6.45) is 2.74. The van der Waals surface area contributed by atoms with Gasteiger partial charge in [0.25, 0.3) is 0 Å². The third kappa shape index (κ3) is 4.81. The van der Waals surface area contributed by atoms with Crippen molar-refractivity contribution in [1.29, 1.82) is 0 Å². The van der Waals surface area contributed by atoms with Gasteiger partial charge in [0.05, 0.1) is 5.69 Å². The van der Waals surface area contributed by atoms with Gasteiger partial charge in [0.15, 0.2) is 0 Å². The van der Waals surface area contributed by atoms with Gasteiger partial charge in [-0.3, -0.25) is 9.88 Å². The van der Waals surface area contributed by atoms with Crippen LogP contribution in [0.25, 0.3) is 0 Å². The zero-order valence-corrected chi connectivity index (χ0v) is 11.4. The molecule has 1 heterocycles. The predicted octanol–water partition coefficient (Wildman–Crippen LogP) is 2.08. The molecule has 0 saturated heterocycles. The smallest absolute Gasteiger partial charge is 0.0543 e. The Morgan fingerprint density at radius 3 is 2.53 bits per heavy atom. The minimum Gasteiger partial charge on any atom is -0.326 e. The number of likely N-dealkylation sites (N-methyl/N-ethyl adjacent to an activating group) is 1. The minimum atomic E-state index is 0.149. The van der Waals surface area contributed by atoms with Gasteiger partial charge in [0.1, 0.15) is 0 Å². The molecular weight excluding hydrogens is 234 g/mol. The van der Waals surface area contributed by atoms with Crippen LogP contribution >= 0.6 is 0 Å². The predicted molar refractivity (Wildman–Crippen MR) is 78.7 cm³/mol. The molecule has 0 saturated carbocycles. The van der Waals surface area contributed by atoms with Crippen LogP contribution < -0.4 is 5.73 Å². The molecule has 100 valence electrons. The number of nitrogens with two attached hydrogens (primary N) is 1. The molecule has 0 bridgehead atoms. The lowest BCUT2D eigenvalue weighted by Gasteiger charge is -2.21. The van der Waals surface area contributed by atoms with Crippen molar-refractivity contribution < 1.29 is 0 Å². The highest BCUT2D eigenvalue weighted by Crippen LogP contribution is 2.04. The largest absolute Gasteiger partial charge is 0.326 e. The Morgan fingerprint density at radius 2 is 1.84 bits per heavy atom. The van der Waals surface area contributed by atoms with Crippen LogP contribution in [-0.4, -0.2) is 29.5 Å². The molecule has 0 radical (unpaired) electrons. The van der Waals surface area contributed by atoms with Crippen LogP contribution in [0.4, 0.5) is 0 Å². The van der Waals surface area contributed by atoms with Crippen molar-refractivity contribution in [3.8, 4) is 0 Å². The average Bonchev–Trinajstić information content (AvgIpc) is 2.40. The van der Waals surface area contributed by atoms with E-state index in [-0.39, 0.29) is 6.04 Å². The topological polar surface area (TPSA) is 42.2 Å². The SMILES string of the molecule is CN(Cc1ccccn1)CC(N)Cc1ccccc1. The van der Waals surface area contributed by atoms with Crippen LogP contribution in [0.2, 0.25) is 0 Å². The molecule has 3 nitrogen and oxygen atoms in total. The van der Waals surface area contributed by atoms with Crippen molar-refractivity contribution >= 4 is 0 Å². The fraction of sp³-hybridized carbons (Fsp3) is 0.312. The molecule has 2 aromatic rings. The van der Waals surface area contributed by atoms with E-state index in [1.807, 2.05) is 30.5 Å². The molecule has 1 aromatic carbocycles. The first-order chi connectivity index (χ1) is 9.24. The highest BCUT2D eigenvalue weighted by Gasteiger charge is 2.08. The summed E-state index contributed by atoms with van der Waals surface area (Å²) in [5.41, 5.74) is 8.57. The number of pyridine rings is 1. The van der Waals surface area contributed by atoms with Crippen molar-refractivity contribution in [3.63, 3.8) is 0 Å². The first-order valence-electron chi connectivity index (χ1n) is 6.62. The highest BCUT2D eigenvalue weighted by atomic mass is 15.1. The molecule has 0 spiro atoms. The molecule has 0 aliphatic carbocycles. The molecule has 0 amide bonds. The lowest BCUT2D eigenvalue weighted by atomic mass is 10.1. The second kappa shape index (κ2) is 7.02. The number of nitrogens with zero attached hydrogens (tertiary/aromatic N) is 2. The van der Waals surface area contributed by atoms with Gasteiger partial charge in [-0.05, 0) is 31.2 Å². The Balaban J connectivity index is 1.80. The van der Waals surface area contributed by atoms with Crippen molar-refractivity contribution in [2.45, 2.75) is 19.0 Å². The maximum atomic E-state index is 6.20. The van der Waals surface area contributed by atoms with Gasteiger partial charge in [-0.1, -0.05) is 36.4 Å². The number of hydrogen-bond acceptors (Lipinski definition) is 3. The summed E-state index contributed by atoms with van der Waals surface area (Å²) in [5, 5.41) is 0. The zero-order valence-electron chi connectivity index (χ0n) is 11.4. The van der Waals surface area contributed by atoms with E-state index < -0.39 is 0 Å². The van der Waals surface area contributed by atoms with Gasteiger partial charge in [0.2, 0.25) is 0 Å². The maximum Gasteiger partial charge on any atom is 0.0543 e. The minimum absolute atomic E-state index is 0.149. The van der Waals surface area contributed by atoms with E-state index in [1.54, 1.807) is 0 Å². The average molecular weight is 255 g/mol. The van der Waals surface area contributed by atoms with Gasteiger partial charge >= 0.3 is 0 Å². The molecule has 0 aliphatic heterocycles. The molecule has 2 rings (SSSR count). The Labute approximate surface area is 115 Å². The highest BCUT2D eigenvalue weighted by molar-refractivity contribution is 5.15. The van der Waals surface area contributed by atoms with Crippen LogP contribution in [0.3, 0.4) is 0 Å². The molecule has 1 aromatic heterocycles. The fourth-order valence-electron chi connectivity index (χ4n) is 2.21. The standard InChI is InChI=1S/C16H21N3/c1-19(13-16-9-5-6-10-18-16)12-15(17)11-14-7-3-2-4-8-14/h2-10,15H,11-13,17H2,1H3. The Bertz CT molecular complexity index is 424. The second-order valence-corrected chi connectivity index (χ2v) is 4.97. The van der Waals surface area contributed by atoms with E-state index in [9.17, 15) is 0 Å². The molecular formula is C16H21N3. The number of aromatic nitrogens is 1. The molecule has 2 N–H and O–H groups in total. The maximum absolute atomic E-state index is 6.20. The van der Waals surface area contributed by atoms with Gasteiger partial charge in [-0.2, -0.15) is 0 Å². The van der Waals surface area contributed by atoms with E-state index in [4.69, 9.17) is 5.73 Å². The Hall–Kier alpha value is -1.71. The summed E-state index contributed by atoms with van der Waals surface area (Å²) in [5.74, 6) is 0. The molecule has 19 heavy (non-hydrogen) atoms. The molecule has 1 atom stereocenters. The molecule has 0 fully saturated rings. The van der Waals surface area contributed by atoms with Crippen molar-refractivity contribution in [2.24, 2.45) is 5.73 Å². The third-order valence-electron chi connectivity index (χ3n) is 3.04. The molecule has 1 unspecified atom stereocenters. The third-order valence-corrected chi connectivity index (χ3v) is 3.04. The van der Waals surface area contributed by atoms with Crippen molar-refractivity contribution in [1.82, 2.24) is 9.88 Å². The number of benzene rings is 1. The molecule has 0 aliphatic rings. The zero-order chi connectivity index (χ0) is 13.5. The monoisotopic (exact) mass is 255 g/mol. The van der Waals surface area contributed by atoms with Gasteiger partial charge in [-0.15, -0.1) is 0 Å². The first-order valence-corrected chi connectivity index (χ1v) is 6.62. The summed E-state index contributed by atoms with van der Waals surface area (Å²) >= 11 is 0. The van der Waals surface area contributed by atoms with E-state index in [2.05, 4.69) is 41.2 Å². The Morgan fingerprint density at radius 1 is 1.11 bits per heavy atom. The van der Waals surface area contributed by atoms with Crippen molar-refractivity contribution in [2.75, 3.05) is 13.6 Å². The van der Waals surface area contributed by atoms with Gasteiger partial charge in [-0.25, -0.2) is 0 Å². The van der Waals surface area contributed by atoms with Crippen molar-refractivity contribution in [3.05, 3.63) is 66.0 Å². The fourth-order valence-corrected chi connectivity index (χ4v) is 2.21. The molecule has 3 heteroatoms. The van der Waals surface area contributed by atoms with E-state index in [0.29, 0.717) is 0 Å². The lowest BCUT2D eigenvalue weighted by Crippen LogP contribution is -2.36. The van der Waals surface area contributed by atoms with E-state index in [0.717, 1.165) is 25.2 Å². The van der Waals surface area contributed by atoms with Crippen LogP contribution in [0, 0.1) is 0 Å². The lowest BCUT2D eigenvalue weighted by molar-refractivity contribution is 0.299. The van der Waals surface area contributed by atoms with Gasteiger partial charge in [0, 0.05) is 25.3 Å². The normalized spacial score (nSPS) is 12.6. The summed E-state index contributed by atoms with van der Waals surface area (Å²) in [7, 11) is 2.08. The number of hydrogen-bond donors (Lipinski definition) is 1. The Kier molecular flexibility index (Phi) is 5.07. The summed E-state index contributed by atoms with van der Waals surface area (Å²) in [6, 6.07) is 16.5. The van der Waals surface area contributed by atoms with Gasteiger partial charge < -0.3 is 5.73 Å².